The van der Waals surface area contributed by atoms with Crippen molar-refractivity contribution >= 4 is 43.1 Å². The average molecular weight is 1760 g/mol. The number of hydrogen-bond donors (Lipinski definition) is 0. The largest absolute Gasteiger partial charge is 0.213 e. The van der Waals surface area contributed by atoms with E-state index >= 15 is 0 Å². The summed E-state index contributed by atoms with van der Waals surface area (Å²) in [6, 6.07) is 84.3. The van der Waals surface area contributed by atoms with Crippen LogP contribution in [0.2, 0.25) is 0 Å². The van der Waals surface area contributed by atoms with Gasteiger partial charge in [0, 0.05) is 79.1 Å². The molecule has 674 valence electrons. The second kappa shape index (κ2) is 34.9. The molecule has 22 rings (SSSR count). The minimum Gasteiger partial charge on any atom is -0.201 e. The molecular formula is C129H142N4+4. The Balaban J connectivity index is 0.000000122. The van der Waals surface area contributed by atoms with Crippen LogP contribution in [0.1, 0.15) is 281 Å². The Kier molecular flexibility index (Phi) is 20.4. The van der Waals surface area contributed by atoms with Gasteiger partial charge in [0.25, 0.3) is 0 Å². The molecule has 0 atom stereocenters. The molecule has 16 aromatic rings. The predicted octanol–water partition coefficient (Wildman–Crippen LogP) is 31.6. The van der Waals surface area contributed by atoms with Crippen LogP contribution in [0.3, 0.4) is 0 Å². The highest BCUT2D eigenvalue weighted by Crippen LogP contribution is 2.59. The quantitative estimate of drug-likeness (QED) is 0.135. The summed E-state index contributed by atoms with van der Waals surface area (Å²) in [4.78, 5) is 0. The Labute approximate surface area is 810 Å². The first-order chi connectivity index (χ1) is 67.7. The van der Waals surface area contributed by atoms with Crippen molar-refractivity contribution in [1.82, 2.24) is 0 Å². The Hall–Kier alpha value is -11.7. The molecule has 12 aromatic carbocycles. The Morgan fingerprint density at radius 3 is 1.40 bits per heavy atom. The number of hydrogen-bond acceptors (Lipinski definition) is 0. The van der Waals surface area contributed by atoms with Crippen molar-refractivity contribution in [2.75, 3.05) is 0 Å². The van der Waals surface area contributed by atoms with E-state index in [4.69, 9.17) is 13.7 Å². The molecule has 0 aliphatic heterocycles. The van der Waals surface area contributed by atoms with Crippen molar-refractivity contribution in [1.29, 1.82) is 0 Å². The lowest BCUT2D eigenvalue weighted by Gasteiger charge is -2.49. The van der Waals surface area contributed by atoms with E-state index in [1.807, 2.05) is 50.1 Å². The number of aromatic nitrogens is 4. The van der Waals surface area contributed by atoms with Crippen LogP contribution in [-0.2, 0) is 81.9 Å². The highest BCUT2D eigenvalue weighted by atomic mass is 14.9. The monoisotopic (exact) mass is 1760 g/mol. The maximum absolute atomic E-state index is 9.27. The summed E-state index contributed by atoms with van der Waals surface area (Å²) in [5, 5.41) is 10.3. The van der Waals surface area contributed by atoms with Gasteiger partial charge < -0.3 is 0 Å². The molecule has 0 unspecified atom stereocenters. The van der Waals surface area contributed by atoms with Crippen LogP contribution < -0.4 is 18.3 Å². The molecule has 6 aliphatic rings. The zero-order chi connectivity index (χ0) is 103. The van der Waals surface area contributed by atoms with Gasteiger partial charge in [-0.3, -0.25) is 0 Å². The van der Waals surface area contributed by atoms with E-state index in [2.05, 4.69) is 337 Å². The van der Waals surface area contributed by atoms with Crippen molar-refractivity contribution in [3.8, 4) is 89.5 Å². The smallest absolute Gasteiger partial charge is 0.201 e. The van der Waals surface area contributed by atoms with E-state index in [0.29, 0.717) is 5.56 Å². The van der Waals surface area contributed by atoms with Crippen LogP contribution in [-0.4, -0.2) is 0 Å². The van der Waals surface area contributed by atoms with E-state index in [1.165, 1.54) is 178 Å². The van der Waals surface area contributed by atoms with Gasteiger partial charge in [-0.25, -0.2) is 18.3 Å². The predicted molar refractivity (Wildman–Crippen MR) is 564 cm³/mol. The molecular weight excluding hydrogens is 1610 g/mol. The van der Waals surface area contributed by atoms with Gasteiger partial charge in [-0.2, -0.15) is 0 Å². The lowest BCUT2D eigenvalue weighted by atomic mass is 9.54. The van der Waals surface area contributed by atoms with E-state index < -0.39 is 43.2 Å². The van der Waals surface area contributed by atoms with Crippen LogP contribution in [0, 0.1) is 46.8 Å². The number of benzene rings is 12. The Bertz CT molecular complexity index is 7890. The van der Waals surface area contributed by atoms with Gasteiger partial charge in [0.1, 0.15) is 28.2 Å². The SMILES string of the molecule is [2H]C([2H])([2H])c1c[n+](C)c(-c2c(C)ccc3c2CCc2cc4ccccc4cc2-3)cc1C([2H])(C)C.[2H]C([2H])([2H])c1c[n+](C)c(-c2c(C)ccc3c2CCc2ccc4ccccc4c2-3)cc1C([2H])([2H])C(C)(C)C.[2H]C1(c2cc[n+](C)c(-c3cc4c(cc3C)C(C)(C)C(C)(C)c3c-4ccc4ccccc34)c2)CCCC1.[2H]C1(c2cc[n+](C)c(-c3cc4c(cc3C)C(C)(C)C(C)(C)c3ccc5ccccc5c3-4)c2)CCCCC1. The maximum atomic E-state index is 9.27. The van der Waals surface area contributed by atoms with Gasteiger partial charge in [-0.1, -0.05) is 298 Å². The van der Waals surface area contributed by atoms with Crippen molar-refractivity contribution in [2.24, 2.45) is 33.6 Å². The van der Waals surface area contributed by atoms with Gasteiger partial charge in [-0.15, -0.1) is 0 Å². The molecule has 2 fully saturated rings. The van der Waals surface area contributed by atoms with Crippen LogP contribution in [0.15, 0.2) is 255 Å². The molecule has 4 heterocycles. The number of nitrogens with zero attached hydrogens (tertiary/aromatic N) is 4. The fourth-order valence-corrected chi connectivity index (χ4v) is 23.6. The van der Waals surface area contributed by atoms with Gasteiger partial charge >= 0.3 is 0 Å². The third-order valence-corrected chi connectivity index (χ3v) is 32.2. The summed E-state index contributed by atoms with van der Waals surface area (Å²) >= 11 is 0. The minimum atomic E-state index is -2.42. The van der Waals surface area contributed by atoms with Crippen molar-refractivity contribution in [3.63, 3.8) is 0 Å². The summed E-state index contributed by atoms with van der Waals surface area (Å²) in [7, 11) is 8.06. The second-order valence-electron chi connectivity index (χ2n) is 43.0. The lowest BCUT2D eigenvalue weighted by molar-refractivity contribution is -0.661. The molecule has 2 saturated carbocycles. The first-order valence-electron chi connectivity index (χ1n) is 54.5. The zero-order valence-corrected chi connectivity index (χ0v) is 82.7. The number of aryl methyl sites for hydroxylation is 12. The third kappa shape index (κ3) is 16.1. The summed E-state index contributed by atoms with van der Waals surface area (Å²) in [6.45, 7) is 32.3. The molecule has 0 spiro atoms. The fourth-order valence-electron chi connectivity index (χ4n) is 23.6. The third-order valence-electron chi connectivity index (χ3n) is 32.2. The number of pyridine rings is 4. The molecule has 0 N–H and O–H groups in total. The minimum absolute atomic E-state index is 0.00349. The molecule has 4 heteroatoms. The summed E-state index contributed by atoms with van der Waals surface area (Å²) in [6.07, 6.45) is 19.3. The molecule has 0 saturated heterocycles. The van der Waals surface area contributed by atoms with Gasteiger partial charge in [-0.05, 0) is 333 Å². The molecule has 6 aliphatic carbocycles. The van der Waals surface area contributed by atoms with Crippen molar-refractivity contribution in [2.45, 2.75) is 261 Å². The average Bonchev–Trinajstić information content (AvgIpc) is 0.713. The standard InChI is InChI=1S/C35H40N.C34H38N.C31H34N.C29H30N/c1-23-20-31-29(22-28(23)32-21-26(18-19-36(32)6)24-12-8-7-9-13-24)33-27-15-11-10-14-25(27)16-17-30(33)34(2,3)35(31,4)5;1-22-19-30-29(21-28(22)31-20-25(17-18-35(31)6)23-11-7-8-12-23)27-16-15-24-13-9-10-14-26(24)32(27)34(4,5)33(30,2)3;1-20-11-15-27-26(16-14-23-13-12-22-9-7-8-10-25(22)30(23)27)29(20)28-17-24(18-31(3,4)5)21(2)19-32(28)6;1-18(2)26-16-28(30(5)17-20(26)4)29-19(3)10-12-24-25(29)13-11-23-14-21-8-6-7-9-22(21)15-27(23)24/h10-11,14-22,24H,7-9,12-13H2,1-6H3;9-10,13-21,23H,7-8,11-12H2,1-6H3;7-13,15,17,19H,14,16,18H2,1-6H3;6-10,12,14-18H,11,13H2,1-5H3/q4*+1/i24D;23D;2D3,18D2;4D3,18D. The van der Waals surface area contributed by atoms with Crippen LogP contribution in [0.4, 0.5) is 0 Å². The lowest BCUT2D eigenvalue weighted by Crippen LogP contribution is -2.43. The van der Waals surface area contributed by atoms with E-state index in [0.717, 1.165) is 116 Å². The summed E-state index contributed by atoms with van der Waals surface area (Å²) in [5.41, 5.74) is 38.0. The zero-order valence-electron chi connectivity index (χ0n) is 93.7. The molecule has 0 bridgehead atoms. The molecule has 0 radical (unpaired) electrons. The number of rotatable bonds is 8. The van der Waals surface area contributed by atoms with Gasteiger partial charge in [0.2, 0.25) is 22.8 Å². The summed E-state index contributed by atoms with van der Waals surface area (Å²) in [5.74, 6) is -1.93. The summed E-state index contributed by atoms with van der Waals surface area (Å²) < 4.78 is 102. The van der Waals surface area contributed by atoms with Crippen molar-refractivity contribution < 1.29 is 33.3 Å². The molecule has 4 aromatic heterocycles. The maximum Gasteiger partial charge on any atom is 0.213 e. The molecule has 133 heavy (non-hydrogen) atoms. The van der Waals surface area contributed by atoms with Gasteiger partial charge in [0.15, 0.2) is 24.8 Å². The highest BCUT2D eigenvalue weighted by Gasteiger charge is 2.49. The van der Waals surface area contributed by atoms with Crippen LogP contribution in [0.25, 0.3) is 133 Å². The fraction of sp³-hybridized carbons (Fsp3) is 0.349. The highest BCUT2D eigenvalue weighted by molar-refractivity contribution is 6.04. The van der Waals surface area contributed by atoms with E-state index in [9.17, 15) is 1.37 Å². The van der Waals surface area contributed by atoms with Crippen LogP contribution in [0.5, 0.6) is 0 Å². The Morgan fingerprint density at radius 1 is 0.361 bits per heavy atom. The topological polar surface area (TPSA) is 15.5 Å². The van der Waals surface area contributed by atoms with E-state index in [-0.39, 0.29) is 38.4 Å². The first-order valence-corrected chi connectivity index (χ1v) is 49.0. The van der Waals surface area contributed by atoms with Gasteiger partial charge in [0.05, 0.1) is 11.1 Å². The molecule has 4 nitrogen and oxygen atoms in total. The first kappa shape index (κ1) is 77.7. The molecule has 0 amide bonds. The van der Waals surface area contributed by atoms with E-state index in [1.54, 1.807) is 32.3 Å². The Morgan fingerprint density at radius 2 is 0.820 bits per heavy atom. The number of fused-ring (bicyclic) bond motifs is 19. The van der Waals surface area contributed by atoms with Crippen molar-refractivity contribution in [3.05, 3.63) is 355 Å². The van der Waals surface area contributed by atoms with Crippen LogP contribution >= 0.6 is 0 Å². The second-order valence-corrected chi connectivity index (χ2v) is 43.0. The normalized spacial score (nSPS) is 18.0.